The lowest BCUT2D eigenvalue weighted by Gasteiger charge is -2.37. The monoisotopic (exact) mass is 500 g/mol. The maximum Gasteiger partial charge on any atom is 0.193 e. The molecule has 2 aliphatic heterocycles. The molecule has 0 amide bonds. The molecule has 3 atom stereocenters. The van der Waals surface area contributed by atoms with Crippen LogP contribution in [0.25, 0.3) is 0 Å². The van der Waals surface area contributed by atoms with Crippen LogP contribution in [-0.4, -0.2) is 73.8 Å². The van der Waals surface area contributed by atoms with Gasteiger partial charge in [-0.2, -0.15) is 0 Å². The van der Waals surface area contributed by atoms with E-state index < -0.39 is 0 Å². The number of likely N-dealkylation sites (tertiary alicyclic amines) is 1. The molecule has 5 nitrogen and oxygen atoms in total. The molecule has 0 aromatic heterocycles. The Morgan fingerprint density at radius 3 is 2.79 bits per heavy atom. The summed E-state index contributed by atoms with van der Waals surface area (Å²) in [5.41, 5.74) is 1.45. The number of ether oxygens (including phenoxy) is 1. The van der Waals surface area contributed by atoms with Crippen LogP contribution in [0.5, 0.6) is 0 Å². The second kappa shape index (κ2) is 12.0. The summed E-state index contributed by atoms with van der Waals surface area (Å²) in [5.74, 6) is 1.80. The highest BCUT2D eigenvalue weighted by Crippen LogP contribution is 2.21. The fraction of sp³-hybridized carbons (Fsp3) is 0.682. The van der Waals surface area contributed by atoms with E-state index in [0.29, 0.717) is 18.0 Å². The molecule has 158 valence electrons. The average molecular weight is 500 g/mol. The minimum Gasteiger partial charge on any atom is -0.379 e. The number of aliphatic imine (C=N–C) groups is 1. The van der Waals surface area contributed by atoms with Crippen molar-refractivity contribution < 1.29 is 4.74 Å². The molecule has 1 aromatic carbocycles. The molecule has 6 heteroatoms. The van der Waals surface area contributed by atoms with Crippen LogP contribution in [0.3, 0.4) is 0 Å². The fourth-order valence-electron chi connectivity index (χ4n) is 4.28. The van der Waals surface area contributed by atoms with Crippen LogP contribution in [0.15, 0.2) is 35.3 Å². The van der Waals surface area contributed by atoms with Crippen LogP contribution in [0.2, 0.25) is 0 Å². The van der Waals surface area contributed by atoms with Crippen LogP contribution >= 0.6 is 24.0 Å². The van der Waals surface area contributed by atoms with Gasteiger partial charge in [-0.3, -0.25) is 9.89 Å². The van der Waals surface area contributed by atoms with E-state index in [1.54, 1.807) is 0 Å². The molecule has 2 aliphatic rings. The lowest BCUT2D eigenvalue weighted by atomic mass is 9.99. The molecule has 0 spiro atoms. The third-order valence-corrected chi connectivity index (χ3v) is 5.78. The Hall–Kier alpha value is -0.860. The van der Waals surface area contributed by atoms with Crippen molar-refractivity contribution in [2.24, 2.45) is 10.9 Å². The van der Waals surface area contributed by atoms with Crippen LogP contribution in [0.1, 0.15) is 32.8 Å². The smallest absolute Gasteiger partial charge is 0.193 e. The first-order valence-electron chi connectivity index (χ1n) is 10.6. The summed E-state index contributed by atoms with van der Waals surface area (Å²) >= 11 is 0. The second-order valence-electron chi connectivity index (χ2n) is 8.00. The highest BCUT2D eigenvalue weighted by atomic mass is 127. The zero-order valence-corrected chi connectivity index (χ0v) is 20.0. The van der Waals surface area contributed by atoms with Crippen molar-refractivity contribution in [2.75, 3.05) is 45.9 Å². The molecule has 0 aliphatic carbocycles. The van der Waals surface area contributed by atoms with Gasteiger partial charge in [-0.1, -0.05) is 30.3 Å². The molecule has 0 bridgehead atoms. The van der Waals surface area contributed by atoms with E-state index in [-0.39, 0.29) is 24.0 Å². The minimum atomic E-state index is 0. The van der Waals surface area contributed by atoms with E-state index in [2.05, 4.69) is 66.2 Å². The number of halogens is 1. The second-order valence-corrected chi connectivity index (χ2v) is 8.00. The molecule has 2 saturated heterocycles. The van der Waals surface area contributed by atoms with E-state index >= 15 is 0 Å². The van der Waals surface area contributed by atoms with Gasteiger partial charge in [0.05, 0.1) is 19.8 Å². The summed E-state index contributed by atoms with van der Waals surface area (Å²) < 4.78 is 5.57. The predicted molar refractivity (Wildman–Crippen MR) is 128 cm³/mol. The SMILES string of the molecule is CCNC(=NCC(C)N1CCOCC1C)N1CCC(Cc2ccccc2)C1.I. The third kappa shape index (κ3) is 6.59. The molecule has 1 N–H and O–H groups in total. The van der Waals surface area contributed by atoms with Crippen molar-refractivity contribution >= 4 is 29.9 Å². The Morgan fingerprint density at radius 1 is 1.29 bits per heavy atom. The molecule has 3 rings (SSSR count). The molecular weight excluding hydrogens is 463 g/mol. The fourth-order valence-corrected chi connectivity index (χ4v) is 4.28. The number of rotatable bonds is 6. The Bertz CT molecular complexity index is 597. The van der Waals surface area contributed by atoms with E-state index in [9.17, 15) is 0 Å². The quantitative estimate of drug-likeness (QED) is 0.370. The van der Waals surface area contributed by atoms with E-state index in [4.69, 9.17) is 9.73 Å². The number of benzene rings is 1. The summed E-state index contributed by atoms with van der Waals surface area (Å²) in [6, 6.07) is 11.8. The molecule has 3 unspecified atom stereocenters. The number of guanidine groups is 1. The summed E-state index contributed by atoms with van der Waals surface area (Å²) in [6.45, 7) is 13.3. The van der Waals surface area contributed by atoms with Gasteiger partial charge in [0.15, 0.2) is 5.96 Å². The molecule has 1 aromatic rings. The Kier molecular flexibility index (Phi) is 10.0. The topological polar surface area (TPSA) is 40.1 Å². The maximum absolute atomic E-state index is 5.57. The van der Waals surface area contributed by atoms with Crippen molar-refractivity contribution in [3.63, 3.8) is 0 Å². The summed E-state index contributed by atoms with van der Waals surface area (Å²) in [5, 5.41) is 3.51. The zero-order valence-electron chi connectivity index (χ0n) is 17.6. The largest absolute Gasteiger partial charge is 0.379 e. The zero-order chi connectivity index (χ0) is 19.1. The van der Waals surface area contributed by atoms with Gasteiger partial charge < -0.3 is 15.0 Å². The first-order chi connectivity index (χ1) is 13.2. The lowest BCUT2D eigenvalue weighted by Crippen LogP contribution is -2.49. The standard InChI is InChI=1S/C22H36N4O.HI/c1-4-23-22(24-15-18(2)26-12-13-27-17-19(26)3)25-11-10-21(16-25)14-20-8-6-5-7-9-20;/h5-9,18-19,21H,4,10-17H2,1-3H3,(H,23,24);1H. The number of nitrogens with one attached hydrogen (secondary N) is 1. The maximum atomic E-state index is 5.57. The highest BCUT2D eigenvalue weighted by Gasteiger charge is 2.26. The summed E-state index contributed by atoms with van der Waals surface area (Å²) in [4.78, 5) is 9.97. The van der Waals surface area contributed by atoms with Gasteiger partial charge in [0.2, 0.25) is 0 Å². The van der Waals surface area contributed by atoms with Crippen LogP contribution in [-0.2, 0) is 11.2 Å². The first-order valence-corrected chi connectivity index (χ1v) is 10.6. The van der Waals surface area contributed by atoms with E-state index in [1.165, 1.54) is 18.4 Å². The van der Waals surface area contributed by atoms with Gasteiger partial charge in [0.25, 0.3) is 0 Å². The molecular formula is C22H37IN4O. The number of nitrogens with zero attached hydrogens (tertiary/aromatic N) is 3. The summed E-state index contributed by atoms with van der Waals surface area (Å²) in [6.07, 6.45) is 2.41. The van der Waals surface area contributed by atoms with Gasteiger partial charge in [-0.05, 0) is 45.1 Å². The summed E-state index contributed by atoms with van der Waals surface area (Å²) in [7, 11) is 0. The normalized spacial score (nSPS) is 24.7. The van der Waals surface area contributed by atoms with Crippen LogP contribution in [0, 0.1) is 5.92 Å². The van der Waals surface area contributed by atoms with Crippen LogP contribution < -0.4 is 5.32 Å². The number of hydrogen-bond donors (Lipinski definition) is 1. The number of hydrogen-bond acceptors (Lipinski definition) is 3. The molecule has 2 heterocycles. The molecule has 28 heavy (non-hydrogen) atoms. The third-order valence-electron chi connectivity index (χ3n) is 5.78. The van der Waals surface area contributed by atoms with Crippen molar-refractivity contribution in [3.05, 3.63) is 35.9 Å². The minimum absolute atomic E-state index is 0. The van der Waals surface area contributed by atoms with Gasteiger partial charge in [-0.25, -0.2) is 0 Å². The van der Waals surface area contributed by atoms with Crippen molar-refractivity contribution in [3.8, 4) is 0 Å². The van der Waals surface area contributed by atoms with Gasteiger partial charge in [0.1, 0.15) is 0 Å². The van der Waals surface area contributed by atoms with E-state index in [1.807, 2.05) is 0 Å². The van der Waals surface area contributed by atoms with Crippen molar-refractivity contribution in [1.29, 1.82) is 0 Å². The predicted octanol–water partition coefficient (Wildman–Crippen LogP) is 3.24. The van der Waals surface area contributed by atoms with Crippen molar-refractivity contribution in [2.45, 2.75) is 45.7 Å². The Labute approximate surface area is 187 Å². The molecule has 0 radical (unpaired) electrons. The van der Waals surface area contributed by atoms with Crippen LogP contribution in [0.4, 0.5) is 0 Å². The number of morpholine rings is 1. The Morgan fingerprint density at radius 2 is 2.07 bits per heavy atom. The molecule has 0 saturated carbocycles. The van der Waals surface area contributed by atoms with E-state index in [0.717, 1.165) is 51.9 Å². The molecule has 2 fully saturated rings. The first kappa shape index (κ1) is 23.4. The van der Waals surface area contributed by atoms with Gasteiger partial charge in [0, 0.05) is 38.3 Å². The van der Waals surface area contributed by atoms with Crippen molar-refractivity contribution in [1.82, 2.24) is 15.1 Å². The average Bonchev–Trinajstić information content (AvgIpc) is 3.14. The highest BCUT2D eigenvalue weighted by molar-refractivity contribution is 14.0. The lowest BCUT2D eigenvalue weighted by molar-refractivity contribution is -0.0166. The van der Waals surface area contributed by atoms with Gasteiger partial charge >= 0.3 is 0 Å². The Balaban J connectivity index is 0.00000280. The van der Waals surface area contributed by atoms with Gasteiger partial charge in [-0.15, -0.1) is 24.0 Å².